The molecule has 2 aromatic carbocycles. The number of hydrazine groups is 1. The Labute approximate surface area is 118 Å². The molecule has 4 heteroatoms. The molecule has 0 radical (unpaired) electrons. The van der Waals surface area contributed by atoms with Gasteiger partial charge >= 0.3 is 0 Å². The zero-order valence-electron chi connectivity index (χ0n) is 11.7. The molecular weight excluding hydrogens is 255 g/mol. The first kappa shape index (κ1) is 14.5. The number of hydrogen-bond acceptors (Lipinski definition) is 3. The van der Waals surface area contributed by atoms with Gasteiger partial charge in [0.25, 0.3) is 0 Å². The maximum absolute atomic E-state index is 13.3. The average molecular weight is 274 g/mol. The first-order chi connectivity index (χ1) is 9.65. The Morgan fingerprint density at radius 1 is 1.25 bits per heavy atom. The zero-order chi connectivity index (χ0) is 14.5. The fourth-order valence-corrected chi connectivity index (χ4v) is 2.25. The van der Waals surface area contributed by atoms with Crippen LogP contribution in [0.15, 0.2) is 42.5 Å². The summed E-state index contributed by atoms with van der Waals surface area (Å²) in [5.41, 5.74) is 5.41. The molecular formula is C16H19FN2O. The molecule has 2 rings (SSSR count). The van der Waals surface area contributed by atoms with Crippen molar-refractivity contribution in [3.05, 3.63) is 65.0 Å². The molecule has 3 N–H and O–H groups in total. The summed E-state index contributed by atoms with van der Waals surface area (Å²) in [5.74, 6) is 6.27. The Morgan fingerprint density at radius 2 is 2.00 bits per heavy atom. The van der Waals surface area contributed by atoms with E-state index in [4.69, 9.17) is 10.6 Å². The number of aryl methyl sites for hydroxylation is 1. The minimum Gasteiger partial charge on any atom is -0.496 e. The van der Waals surface area contributed by atoms with Crippen molar-refractivity contribution in [3.63, 3.8) is 0 Å². The predicted octanol–water partition coefficient (Wildman–Crippen LogP) is 2.89. The number of nitrogens with one attached hydrogen (secondary N) is 1. The molecule has 0 aliphatic rings. The van der Waals surface area contributed by atoms with Crippen LogP contribution < -0.4 is 16.0 Å². The highest BCUT2D eigenvalue weighted by Gasteiger charge is 2.14. The third kappa shape index (κ3) is 3.15. The Morgan fingerprint density at radius 3 is 2.65 bits per heavy atom. The van der Waals surface area contributed by atoms with E-state index < -0.39 is 0 Å². The van der Waals surface area contributed by atoms with E-state index in [9.17, 15) is 4.39 Å². The molecule has 0 fully saturated rings. The van der Waals surface area contributed by atoms with Crippen molar-refractivity contribution in [2.24, 2.45) is 5.84 Å². The third-order valence-electron chi connectivity index (χ3n) is 3.40. The molecule has 20 heavy (non-hydrogen) atoms. The summed E-state index contributed by atoms with van der Waals surface area (Å²) >= 11 is 0. The number of halogens is 1. The van der Waals surface area contributed by atoms with Gasteiger partial charge in [-0.3, -0.25) is 11.3 Å². The van der Waals surface area contributed by atoms with E-state index in [1.165, 1.54) is 6.07 Å². The molecule has 106 valence electrons. The van der Waals surface area contributed by atoms with Crippen LogP contribution in [0, 0.1) is 12.7 Å². The van der Waals surface area contributed by atoms with Crippen molar-refractivity contribution in [1.82, 2.24) is 5.43 Å². The van der Waals surface area contributed by atoms with Crippen LogP contribution in [0.25, 0.3) is 0 Å². The molecule has 0 heterocycles. The summed E-state index contributed by atoms with van der Waals surface area (Å²) in [4.78, 5) is 0. The molecule has 1 atom stereocenters. The van der Waals surface area contributed by atoms with E-state index in [1.807, 2.05) is 30.3 Å². The number of hydrogen-bond donors (Lipinski definition) is 2. The van der Waals surface area contributed by atoms with Crippen LogP contribution in [0.1, 0.15) is 22.7 Å². The van der Waals surface area contributed by atoms with Crippen molar-refractivity contribution in [1.29, 1.82) is 0 Å². The number of benzene rings is 2. The average Bonchev–Trinajstić information content (AvgIpc) is 2.48. The number of rotatable bonds is 5. The summed E-state index contributed by atoms with van der Waals surface area (Å²) in [6.45, 7) is 1.75. The van der Waals surface area contributed by atoms with E-state index in [1.54, 1.807) is 20.1 Å². The van der Waals surface area contributed by atoms with Crippen molar-refractivity contribution in [3.8, 4) is 5.75 Å². The Hall–Kier alpha value is -1.91. The lowest BCUT2D eigenvalue weighted by atomic mass is 9.97. The summed E-state index contributed by atoms with van der Waals surface area (Å²) in [6.07, 6.45) is 0.672. The second-order valence-electron chi connectivity index (χ2n) is 4.74. The largest absolute Gasteiger partial charge is 0.496 e. The maximum Gasteiger partial charge on any atom is 0.126 e. The standard InChI is InChI=1S/C16H19FN2O/c1-11-9-12(7-8-14(11)17)15(19-18)10-13-5-3-4-6-16(13)20-2/h3-9,15,19H,10,18H2,1-2H3. The van der Waals surface area contributed by atoms with Crippen LogP contribution in [-0.4, -0.2) is 7.11 Å². The monoisotopic (exact) mass is 274 g/mol. The van der Waals surface area contributed by atoms with Crippen molar-refractivity contribution < 1.29 is 9.13 Å². The summed E-state index contributed by atoms with van der Waals surface area (Å²) in [5, 5.41) is 0. The Balaban J connectivity index is 2.26. The van der Waals surface area contributed by atoms with Gasteiger partial charge in [0, 0.05) is 0 Å². The van der Waals surface area contributed by atoms with Crippen molar-refractivity contribution in [2.75, 3.05) is 7.11 Å². The van der Waals surface area contributed by atoms with Crippen LogP contribution in [0.4, 0.5) is 4.39 Å². The van der Waals surface area contributed by atoms with Crippen molar-refractivity contribution in [2.45, 2.75) is 19.4 Å². The lowest BCUT2D eigenvalue weighted by Gasteiger charge is -2.18. The normalized spacial score (nSPS) is 12.2. The number of nitrogens with two attached hydrogens (primary N) is 1. The minimum absolute atomic E-state index is 0.0920. The number of para-hydroxylation sites is 1. The van der Waals surface area contributed by atoms with E-state index in [2.05, 4.69) is 5.43 Å². The highest BCUT2D eigenvalue weighted by Crippen LogP contribution is 2.25. The molecule has 0 amide bonds. The fourth-order valence-electron chi connectivity index (χ4n) is 2.25. The van der Waals surface area contributed by atoms with Gasteiger partial charge in [-0.15, -0.1) is 0 Å². The lowest BCUT2D eigenvalue weighted by molar-refractivity contribution is 0.405. The molecule has 0 aliphatic heterocycles. The topological polar surface area (TPSA) is 47.3 Å². The van der Waals surface area contributed by atoms with Gasteiger partial charge in [-0.05, 0) is 42.2 Å². The number of methoxy groups -OCH3 is 1. The van der Waals surface area contributed by atoms with Gasteiger partial charge in [0.1, 0.15) is 11.6 Å². The van der Waals surface area contributed by atoms with Gasteiger partial charge in [-0.1, -0.05) is 30.3 Å². The quantitative estimate of drug-likeness (QED) is 0.651. The van der Waals surface area contributed by atoms with E-state index in [0.29, 0.717) is 12.0 Å². The Bertz CT molecular complexity index is 586. The molecule has 1 unspecified atom stereocenters. The van der Waals surface area contributed by atoms with E-state index in [-0.39, 0.29) is 11.9 Å². The van der Waals surface area contributed by atoms with Crippen molar-refractivity contribution >= 4 is 0 Å². The van der Waals surface area contributed by atoms with Crippen LogP contribution in [0.2, 0.25) is 0 Å². The maximum atomic E-state index is 13.3. The molecule has 0 aliphatic carbocycles. The van der Waals surface area contributed by atoms with Crippen LogP contribution >= 0.6 is 0 Å². The van der Waals surface area contributed by atoms with Crippen LogP contribution in [-0.2, 0) is 6.42 Å². The first-order valence-corrected chi connectivity index (χ1v) is 6.49. The molecule has 2 aromatic rings. The zero-order valence-corrected chi connectivity index (χ0v) is 11.7. The lowest BCUT2D eigenvalue weighted by Crippen LogP contribution is -2.29. The van der Waals surface area contributed by atoms with Gasteiger partial charge < -0.3 is 4.74 Å². The highest BCUT2D eigenvalue weighted by molar-refractivity contribution is 5.36. The second kappa shape index (κ2) is 6.50. The minimum atomic E-state index is -0.207. The highest BCUT2D eigenvalue weighted by atomic mass is 19.1. The smallest absolute Gasteiger partial charge is 0.126 e. The molecule has 0 saturated carbocycles. The van der Waals surface area contributed by atoms with Gasteiger partial charge in [-0.25, -0.2) is 4.39 Å². The summed E-state index contributed by atoms with van der Waals surface area (Å²) in [7, 11) is 1.64. The SMILES string of the molecule is COc1ccccc1CC(NN)c1ccc(F)c(C)c1. The van der Waals surface area contributed by atoms with E-state index >= 15 is 0 Å². The number of ether oxygens (including phenoxy) is 1. The Kier molecular flexibility index (Phi) is 4.71. The van der Waals surface area contributed by atoms with Gasteiger partial charge in [-0.2, -0.15) is 0 Å². The third-order valence-corrected chi connectivity index (χ3v) is 3.40. The molecule has 0 aromatic heterocycles. The molecule has 0 bridgehead atoms. The molecule has 3 nitrogen and oxygen atoms in total. The van der Waals surface area contributed by atoms with Gasteiger partial charge in [0.2, 0.25) is 0 Å². The van der Waals surface area contributed by atoms with Gasteiger partial charge in [0.15, 0.2) is 0 Å². The first-order valence-electron chi connectivity index (χ1n) is 6.49. The van der Waals surface area contributed by atoms with Crippen LogP contribution in [0.5, 0.6) is 5.75 Å². The van der Waals surface area contributed by atoms with Crippen LogP contribution in [0.3, 0.4) is 0 Å². The summed E-state index contributed by atoms with van der Waals surface area (Å²) < 4.78 is 18.7. The predicted molar refractivity (Wildman–Crippen MR) is 77.9 cm³/mol. The summed E-state index contributed by atoms with van der Waals surface area (Å²) in [6, 6.07) is 12.7. The molecule has 0 saturated heterocycles. The van der Waals surface area contributed by atoms with E-state index in [0.717, 1.165) is 16.9 Å². The second-order valence-corrected chi connectivity index (χ2v) is 4.74. The molecule has 0 spiro atoms. The fraction of sp³-hybridized carbons (Fsp3) is 0.250. The van der Waals surface area contributed by atoms with Gasteiger partial charge in [0.05, 0.1) is 13.2 Å².